The zero-order chi connectivity index (χ0) is 28.5. The third-order valence-corrected chi connectivity index (χ3v) is 6.57. The van der Waals surface area contributed by atoms with Crippen LogP contribution in [0.5, 0.6) is 5.75 Å². The molecule has 0 unspecified atom stereocenters. The monoisotopic (exact) mass is 583 g/mol. The van der Waals surface area contributed by atoms with Crippen molar-refractivity contribution >= 4 is 56.6 Å². The SMILES string of the molecule is CN(C)C/C=C/C(=O)NCCNC(=O)c1nc2c(Nc3ccc(OCc4cccc(F)c4)c(Cl)c3)ncnc2s1. The van der Waals surface area contributed by atoms with Gasteiger partial charge in [0.1, 0.15) is 34.8 Å². The van der Waals surface area contributed by atoms with E-state index in [2.05, 4.69) is 30.9 Å². The zero-order valence-corrected chi connectivity index (χ0v) is 23.4. The first-order chi connectivity index (χ1) is 19.3. The van der Waals surface area contributed by atoms with E-state index in [1.54, 1.807) is 36.4 Å². The molecule has 0 spiro atoms. The summed E-state index contributed by atoms with van der Waals surface area (Å²) < 4.78 is 19.1. The van der Waals surface area contributed by atoms with E-state index in [1.807, 2.05) is 19.0 Å². The Morgan fingerprint density at radius 2 is 1.95 bits per heavy atom. The number of halogens is 2. The molecule has 0 bridgehead atoms. The highest BCUT2D eigenvalue weighted by atomic mass is 35.5. The molecule has 208 valence electrons. The van der Waals surface area contributed by atoms with Crippen LogP contribution < -0.4 is 20.7 Å². The van der Waals surface area contributed by atoms with Crippen molar-refractivity contribution in [2.75, 3.05) is 39.0 Å². The molecule has 2 aromatic heterocycles. The van der Waals surface area contributed by atoms with Crippen LogP contribution in [0.15, 0.2) is 60.9 Å². The Balaban J connectivity index is 1.34. The third kappa shape index (κ3) is 8.18. The molecular formula is C27H27ClFN7O3S. The Morgan fingerprint density at radius 3 is 2.73 bits per heavy atom. The Labute approximate surface area is 239 Å². The van der Waals surface area contributed by atoms with E-state index in [-0.39, 0.29) is 42.3 Å². The van der Waals surface area contributed by atoms with Crippen LogP contribution in [0.3, 0.4) is 0 Å². The van der Waals surface area contributed by atoms with Gasteiger partial charge in [-0.15, -0.1) is 0 Å². The van der Waals surface area contributed by atoms with Gasteiger partial charge in [0.25, 0.3) is 5.91 Å². The first kappa shape index (κ1) is 28.9. The number of nitrogens with one attached hydrogen (secondary N) is 3. The number of anilines is 2. The molecular weight excluding hydrogens is 557 g/mol. The van der Waals surface area contributed by atoms with Crippen molar-refractivity contribution < 1.29 is 18.7 Å². The largest absolute Gasteiger partial charge is 0.487 e. The molecule has 0 radical (unpaired) electrons. The van der Waals surface area contributed by atoms with Crippen LogP contribution >= 0.6 is 22.9 Å². The predicted molar refractivity (Wildman–Crippen MR) is 154 cm³/mol. The van der Waals surface area contributed by atoms with Crippen molar-refractivity contribution in [3.05, 3.63) is 82.4 Å². The lowest BCUT2D eigenvalue weighted by atomic mass is 10.2. The number of thiazole rings is 1. The van der Waals surface area contributed by atoms with E-state index < -0.39 is 0 Å². The van der Waals surface area contributed by atoms with Crippen LogP contribution in [-0.4, -0.2) is 65.4 Å². The van der Waals surface area contributed by atoms with Gasteiger partial charge < -0.3 is 25.6 Å². The Hall–Kier alpha value is -4.13. The van der Waals surface area contributed by atoms with Gasteiger partial charge in [0, 0.05) is 31.4 Å². The number of hydrogen-bond donors (Lipinski definition) is 3. The van der Waals surface area contributed by atoms with E-state index in [9.17, 15) is 14.0 Å². The summed E-state index contributed by atoms with van der Waals surface area (Å²) in [7, 11) is 3.82. The summed E-state index contributed by atoms with van der Waals surface area (Å²) >= 11 is 7.53. The quantitative estimate of drug-likeness (QED) is 0.168. The number of benzene rings is 2. The molecule has 0 aliphatic heterocycles. The van der Waals surface area contributed by atoms with Crippen LogP contribution in [0.4, 0.5) is 15.9 Å². The van der Waals surface area contributed by atoms with Crippen molar-refractivity contribution in [2.24, 2.45) is 0 Å². The van der Waals surface area contributed by atoms with Crippen LogP contribution in [0, 0.1) is 5.82 Å². The van der Waals surface area contributed by atoms with Gasteiger partial charge in [0.2, 0.25) is 5.91 Å². The van der Waals surface area contributed by atoms with E-state index in [0.717, 1.165) is 11.3 Å². The number of rotatable bonds is 12. The first-order valence-corrected chi connectivity index (χ1v) is 13.4. The molecule has 4 rings (SSSR count). The molecule has 0 fully saturated rings. The highest BCUT2D eigenvalue weighted by Gasteiger charge is 2.16. The summed E-state index contributed by atoms with van der Waals surface area (Å²) in [5, 5.41) is 9.17. The number of hydrogen-bond acceptors (Lipinski definition) is 9. The number of carbonyl (C=O) groups is 2. The van der Waals surface area contributed by atoms with Gasteiger partial charge >= 0.3 is 0 Å². The maximum Gasteiger partial charge on any atom is 0.280 e. The minimum atomic E-state index is -0.380. The molecule has 10 nitrogen and oxygen atoms in total. The van der Waals surface area contributed by atoms with Crippen LogP contribution in [0.2, 0.25) is 5.02 Å². The van der Waals surface area contributed by atoms with E-state index in [4.69, 9.17) is 16.3 Å². The van der Waals surface area contributed by atoms with Crippen molar-refractivity contribution in [1.29, 1.82) is 0 Å². The standard InChI is InChI=1S/C27H27ClFN7O3S/c1-36(2)12-4-7-22(37)30-10-11-31-25(38)27-35-23-24(32-16-33-26(23)40-27)34-19-8-9-21(20(28)14-19)39-15-17-5-3-6-18(29)13-17/h3-9,13-14,16H,10-12,15H2,1-2H3,(H,30,37)(H,31,38)(H,32,33,34)/b7-4+. The van der Waals surface area contributed by atoms with E-state index in [0.29, 0.717) is 44.7 Å². The van der Waals surface area contributed by atoms with Crippen molar-refractivity contribution in [3.63, 3.8) is 0 Å². The fourth-order valence-electron chi connectivity index (χ4n) is 3.43. The number of likely N-dealkylation sites (N-methyl/N-ethyl adjacent to an activating group) is 1. The Kier molecular flexibility index (Phi) is 9.95. The van der Waals surface area contributed by atoms with E-state index >= 15 is 0 Å². The first-order valence-electron chi connectivity index (χ1n) is 12.2. The average molecular weight is 584 g/mol. The normalized spacial score (nSPS) is 11.2. The fraction of sp³-hybridized carbons (Fsp3) is 0.222. The van der Waals surface area contributed by atoms with Crippen molar-refractivity contribution in [1.82, 2.24) is 30.5 Å². The summed E-state index contributed by atoms with van der Waals surface area (Å²) in [6.45, 7) is 1.34. The second-order valence-corrected chi connectivity index (χ2v) is 10.2. The van der Waals surface area contributed by atoms with E-state index in [1.165, 1.54) is 24.5 Å². The summed E-state index contributed by atoms with van der Waals surface area (Å²) in [6, 6.07) is 11.3. The number of ether oxygens (including phenoxy) is 1. The van der Waals surface area contributed by atoms with Gasteiger partial charge in [-0.25, -0.2) is 19.3 Å². The van der Waals surface area contributed by atoms with Crippen LogP contribution in [-0.2, 0) is 11.4 Å². The minimum Gasteiger partial charge on any atom is -0.487 e. The van der Waals surface area contributed by atoms with Gasteiger partial charge in [0.05, 0.1) is 5.02 Å². The Morgan fingerprint density at radius 1 is 1.12 bits per heavy atom. The lowest BCUT2D eigenvalue weighted by molar-refractivity contribution is -0.116. The molecule has 0 aliphatic rings. The molecule has 0 saturated carbocycles. The topological polar surface area (TPSA) is 121 Å². The van der Waals surface area contributed by atoms with Crippen LogP contribution in [0.25, 0.3) is 10.3 Å². The molecule has 4 aromatic rings. The van der Waals surface area contributed by atoms with Gasteiger partial charge in [-0.3, -0.25) is 9.59 Å². The second-order valence-electron chi connectivity index (χ2n) is 8.80. The smallest absolute Gasteiger partial charge is 0.280 e. The summed E-state index contributed by atoms with van der Waals surface area (Å²) in [6.07, 6.45) is 4.60. The lowest BCUT2D eigenvalue weighted by Crippen LogP contribution is -2.34. The Bertz CT molecular complexity index is 1530. The number of nitrogens with zero attached hydrogens (tertiary/aromatic N) is 4. The second kappa shape index (κ2) is 13.8. The molecule has 3 N–H and O–H groups in total. The predicted octanol–water partition coefficient (Wildman–Crippen LogP) is 4.17. The van der Waals surface area contributed by atoms with Crippen LogP contribution in [0.1, 0.15) is 15.4 Å². The van der Waals surface area contributed by atoms with Gasteiger partial charge in [-0.2, -0.15) is 0 Å². The minimum absolute atomic E-state index is 0.167. The number of carbonyl (C=O) groups excluding carboxylic acids is 2. The zero-order valence-electron chi connectivity index (χ0n) is 21.8. The van der Waals surface area contributed by atoms with Crippen molar-refractivity contribution in [2.45, 2.75) is 6.61 Å². The molecule has 2 heterocycles. The fourth-order valence-corrected chi connectivity index (χ4v) is 4.49. The summed E-state index contributed by atoms with van der Waals surface area (Å²) in [5.74, 6) is -0.0970. The maximum absolute atomic E-state index is 13.4. The molecule has 40 heavy (non-hydrogen) atoms. The van der Waals surface area contributed by atoms with Gasteiger partial charge in [-0.05, 0) is 50.0 Å². The highest BCUT2D eigenvalue weighted by molar-refractivity contribution is 7.19. The molecule has 0 aliphatic carbocycles. The highest BCUT2D eigenvalue weighted by Crippen LogP contribution is 2.31. The summed E-state index contributed by atoms with van der Waals surface area (Å²) in [4.78, 5) is 39.8. The van der Waals surface area contributed by atoms with Gasteiger partial charge in [-0.1, -0.05) is 41.1 Å². The number of amides is 2. The summed E-state index contributed by atoms with van der Waals surface area (Å²) in [5.41, 5.74) is 1.74. The molecule has 0 atom stereocenters. The average Bonchev–Trinajstić information content (AvgIpc) is 3.36. The molecule has 2 amide bonds. The molecule has 13 heteroatoms. The molecule has 0 saturated heterocycles. The number of aromatic nitrogens is 3. The van der Waals surface area contributed by atoms with Crippen molar-refractivity contribution in [3.8, 4) is 5.75 Å². The maximum atomic E-state index is 13.4. The number of fused-ring (bicyclic) bond motifs is 1. The molecule has 2 aromatic carbocycles. The third-order valence-electron chi connectivity index (χ3n) is 5.32. The lowest BCUT2D eigenvalue weighted by Gasteiger charge is -2.11. The van der Waals surface area contributed by atoms with Gasteiger partial charge in [0.15, 0.2) is 10.8 Å².